The minimum Gasteiger partial charge on any atom is -0.492 e. The Morgan fingerprint density at radius 2 is 1.90 bits per heavy atom. The van der Waals surface area contributed by atoms with Crippen molar-refractivity contribution in [3.63, 3.8) is 0 Å². The minimum atomic E-state index is -0.0741. The summed E-state index contributed by atoms with van der Waals surface area (Å²) >= 11 is 0. The molecule has 2 fully saturated rings. The zero-order chi connectivity index (χ0) is 20.3. The van der Waals surface area contributed by atoms with Crippen molar-refractivity contribution >= 4 is 5.91 Å². The second-order valence-corrected chi connectivity index (χ2v) is 8.73. The highest BCUT2D eigenvalue weighted by molar-refractivity contribution is 5.81. The monoisotopic (exact) mass is 404 g/mol. The Kier molecular flexibility index (Phi) is 9.55. The van der Waals surface area contributed by atoms with Crippen LogP contribution >= 0.6 is 0 Å². The van der Waals surface area contributed by atoms with E-state index in [0.717, 1.165) is 25.1 Å². The van der Waals surface area contributed by atoms with Crippen LogP contribution in [-0.2, 0) is 14.3 Å². The molecule has 1 heterocycles. The van der Waals surface area contributed by atoms with Crippen molar-refractivity contribution in [2.75, 3.05) is 39.5 Å². The van der Waals surface area contributed by atoms with Crippen LogP contribution in [0.15, 0.2) is 24.0 Å². The van der Waals surface area contributed by atoms with E-state index in [0.29, 0.717) is 31.8 Å². The highest BCUT2D eigenvalue weighted by atomic mass is 16.5. The van der Waals surface area contributed by atoms with Gasteiger partial charge in [0.1, 0.15) is 12.4 Å². The molecule has 164 valence electrons. The summed E-state index contributed by atoms with van der Waals surface area (Å²) in [5.74, 6) is 1.56. The van der Waals surface area contributed by atoms with E-state index < -0.39 is 0 Å². The van der Waals surface area contributed by atoms with Crippen LogP contribution < -0.4 is 5.32 Å². The molecule has 1 saturated carbocycles. The van der Waals surface area contributed by atoms with E-state index in [1.807, 2.05) is 25.2 Å². The lowest BCUT2D eigenvalue weighted by Crippen LogP contribution is -2.48. The number of amides is 1. The third-order valence-electron chi connectivity index (χ3n) is 6.53. The molecule has 1 aliphatic heterocycles. The zero-order valence-electron chi connectivity index (χ0n) is 18.2. The molecular weight excluding hydrogens is 364 g/mol. The molecule has 1 unspecified atom stereocenters. The van der Waals surface area contributed by atoms with E-state index >= 15 is 0 Å². The fourth-order valence-corrected chi connectivity index (χ4v) is 4.82. The van der Waals surface area contributed by atoms with Crippen LogP contribution in [0.1, 0.15) is 64.7 Å². The first-order chi connectivity index (χ1) is 14.3. The van der Waals surface area contributed by atoms with Crippen molar-refractivity contribution in [3.8, 4) is 0 Å². The van der Waals surface area contributed by atoms with Gasteiger partial charge < -0.3 is 19.7 Å². The van der Waals surface area contributed by atoms with Crippen molar-refractivity contribution < 1.29 is 14.3 Å². The average molecular weight is 405 g/mol. The van der Waals surface area contributed by atoms with Crippen molar-refractivity contribution in [2.24, 2.45) is 11.8 Å². The lowest BCUT2D eigenvalue weighted by Gasteiger charge is -2.36. The van der Waals surface area contributed by atoms with Gasteiger partial charge in [-0.25, -0.2) is 0 Å². The smallest absolute Gasteiger partial charge is 0.227 e. The highest BCUT2D eigenvalue weighted by Crippen LogP contribution is 2.27. The number of hydrogen-bond donors (Lipinski definition) is 1. The molecule has 3 atom stereocenters. The molecule has 0 bridgehead atoms. The van der Waals surface area contributed by atoms with Gasteiger partial charge in [0.15, 0.2) is 0 Å². The van der Waals surface area contributed by atoms with E-state index in [1.54, 1.807) is 0 Å². The lowest BCUT2D eigenvalue weighted by atomic mass is 9.83. The Morgan fingerprint density at radius 3 is 2.62 bits per heavy atom. The van der Waals surface area contributed by atoms with Crippen molar-refractivity contribution in [1.29, 1.82) is 0 Å². The number of hydrogen-bond acceptors (Lipinski definition) is 4. The van der Waals surface area contributed by atoms with Gasteiger partial charge >= 0.3 is 0 Å². The van der Waals surface area contributed by atoms with Crippen LogP contribution in [0.25, 0.3) is 0 Å². The summed E-state index contributed by atoms with van der Waals surface area (Å²) in [6.07, 6.45) is 17.0. The predicted octanol–water partition coefficient (Wildman–Crippen LogP) is 4.05. The molecule has 1 amide bonds. The topological polar surface area (TPSA) is 50.8 Å². The third kappa shape index (κ3) is 7.45. The molecule has 0 aromatic heterocycles. The maximum Gasteiger partial charge on any atom is 0.227 e. The molecule has 0 radical (unpaired) electrons. The molecule has 0 spiro atoms. The molecule has 1 N–H and O–H groups in total. The first kappa shape index (κ1) is 22.4. The molecule has 3 rings (SSSR count). The summed E-state index contributed by atoms with van der Waals surface area (Å²) < 4.78 is 11.0. The van der Waals surface area contributed by atoms with Crippen molar-refractivity contribution in [3.05, 3.63) is 24.0 Å². The van der Waals surface area contributed by atoms with Crippen molar-refractivity contribution in [2.45, 2.75) is 70.8 Å². The number of carbonyl (C=O) groups excluding carboxylic acids is 1. The summed E-state index contributed by atoms with van der Waals surface area (Å²) in [4.78, 5) is 15.5. The van der Waals surface area contributed by atoms with Crippen LogP contribution in [0.2, 0.25) is 0 Å². The molecule has 1 saturated heterocycles. The summed E-state index contributed by atoms with van der Waals surface area (Å²) in [6.45, 7) is 7.48. The van der Waals surface area contributed by atoms with Crippen LogP contribution in [0.5, 0.6) is 0 Å². The number of carbonyl (C=O) groups is 1. The SMILES string of the molecule is CCOCCOC1=CCC(C(=O)N[C@H]2CCCC[C@H]2CN2CCCCCC2)C=C1. The molecule has 29 heavy (non-hydrogen) atoms. The van der Waals surface area contributed by atoms with Gasteiger partial charge in [-0.1, -0.05) is 31.8 Å². The summed E-state index contributed by atoms with van der Waals surface area (Å²) in [5.41, 5.74) is 0. The summed E-state index contributed by atoms with van der Waals surface area (Å²) in [6, 6.07) is 0.334. The average Bonchev–Trinajstić information content (AvgIpc) is 3.02. The van der Waals surface area contributed by atoms with Crippen LogP contribution in [-0.4, -0.2) is 56.3 Å². The molecule has 0 aromatic carbocycles. The molecular formula is C24H40N2O3. The number of rotatable bonds is 9. The fourth-order valence-electron chi connectivity index (χ4n) is 4.82. The van der Waals surface area contributed by atoms with Crippen LogP contribution in [0.4, 0.5) is 0 Å². The highest BCUT2D eigenvalue weighted by Gasteiger charge is 2.30. The Labute approximate surface area is 176 Å². The second kappa shape index (κ2) is 12.4. The predicted molar refractivity (Wildman–Crippen MR) is 117 cm³/mol. The second-order valence-electron chi connectivity index (χ2n) is 8.73. The Bertz CT molecular complexity index is 552. The quantitative estimate of drug-likeness (QED) is 0.589. The molecule has 5 nitrogen and oxygen atoms in total. The van der Waals surface area contributed by atoms with Gasteiger partial charge in [-0.2, -0.15) is 0 Å². The standard InChI is InChI=1S/C24H40N2O3/c1-2-28-17-18-29-22-13-11-20(12-14-22)24(27)25-23-10-6-5-9-21(23)19-26-15-7-3-4-8-16-26/h11,13-14,20-21,23H,2-10,12,15-19H2,1H3,(H,25,27)/t20?,21-,23-/m0/s1. The largest absolute Gasteiger partial charge is 0.492 e. The van der Waals surface area contributed by atoms with Crippen LogP contribution in [0, 0.1) is 11.8 Å². The Balaban J connectivity index is 1.44. The van der Waals surface area contributed by atoms with E-state index in [4.69, 9.17) is 9.47 Å². The molecule has 0 aromatic rings. The molecule has 2 aliphatic carbocycles. The summed E-state index contributed by atoms with van der Waals surface area (Å²) in [5, 5.41) is 3.41. The van der Waals surface area contributed by atoms with Gasteiger partial charge in [-0.3, -0.25) is 4.79 Å². The van der Waals surface area contributed by atoms with Gasteiger partial charge in [0.25, 0.3) is 0 Å². The number of ether oxygens (including phenoxy) is 2. The van der Waals surface area contributed by atoms with E-state index in [2.05, 4.69) is 10.2 Å². The number of allylic oxidation sites excluding steroid dienone is 2. The van der Waals surface area contributed by atoms with Gasteiger partial charge in [0.2, 0.25) is 5.91 Å². The Hall–Kier alpha value is -1.33. The number of nitrogens with one attached hydrogen (secondary N) is 1. The van der Waals surface area contributed by atoms with Crippen molar-refractivity contribution in [1.82, 2.24) is 10.2 Å². The van der Waals surface area contributed by atoms with E-state index in [1.165, 1.54) is 58.0 Å². The maximum absolute atomic E-state index is 12.9. The van der Waals surface area contributed by atoms with E-state index in [9.17, 15) is 4.79 Å². The normalized spacial score (nSPS) is 28.4. The summed E-state index contributed by atoms with van der Waals surface area (Å²) in [7, 11) is 0. The lowest BCUT2D eigenvalue weighted by molar-refractivity contribution is -0.125. The molecule has 3 aliphatic rings. The Morgan fingerprint density at radius 1 is 1.10 bits per heavy atom. The van der Waals surface area contributed by atoms with Gasteiger partial charge in [-0.15, -0.1) is 0 Å². The van der Waals surface area contributed by atoms with Gasteiger partial charge in [-0.05, 0) is 70.2 Å². The fraction of sp³-hybridized carbons (Fsp3) is 0.792. The zero-order valence-corrected chi connectivity index (χ0v) is 18.2. The van der Waals surface area contributed by atoms with Gasteiger partial charge in [0, 0.05) is 19.2 Å². The first-order valence-corrected chi connectivity index (χ1v) is 11.9. The third-order valence-corrected chi connectivity index (χ3v) is 6.53. The minimum absolute atomic E-state index is 0.0741. The van der Waals surface area contributed by atoms with Crippen LogP contribution in [0.3, 0.4) is 0 Å². The number of nitrogens with zero attached hydrogens (tertiary/aromatic N) is 1. The van der Waals surface area contributed by atoms with E-state index in [-0.39, 0.29) is 11.8 Å². The van der Waals surface area contributed by atoms with Gasteiger partial charge in [0.05, 0.1) is 12.5 Å². The number of likely N-dealkylation sites (tertiary alicyclic amines) is 1. The first-order valence-electron chi connectivity index (χ1n) is 11.9. The molecule has 5 heteroatoms. The maximum atomic E-state index is 12.9.